The van der Waals surface area contributed by atoms with Crippen LogP contribution in [0.5, 0.6) is 11.5 Å². The summed E-state index contributed by atoms with van der Waals surface area (Å²) < 4.78 is 5.30. The van der Waals surface area contributed by atoms with Gasteiger partial charge in [-0.2, -0.15) is 0 Å². The summed E-state index contributed by atoms with van der Waals surface area (Å²) in [5, 5.41) is 19.6. The smallest absolute Gasteiger partial charge is 0.336 e. The highest BCUT2D eigenvalue weighted by molar-refractivity contribution is 6.30. The zero-order valence-electron chi connectivity index (χ0n) is 11.9. The lowest BCUT2D eigenvalue weighted by atomic mass is 10.0. The Morgan fingerprint density at radius 2 is 1.91 bits per heavy atom. The zero-order valence-corrected chi connectivity index (χ0v) is 12.7. The molecule has 0 atom stereocenters. The number of hydrogen-bond donors (Lipinski definition) is 2. The van der Waals surface area contributed by atoms with E-state index in [0.717, 1.165) is 0 Å². The van der Waals surface area contributed by atoms with Crippen molar-refractivity contribution in [1.29, 1.82) is 0 Å². The van der Waals surface area contributed by atoms with Crippen LogP contribution in [0.25, 0.3) is 11.6 Å². The predicted molar refractivity (Wildman–Crippen MR) is 86.2 cm³/mol. The Kier molecular flexibility index (Phi) is 5.07. The van der Waals surface area contributed by atoms with E-state index >= 15 is 0 Å². The number of carboxylic acids is 1. The van der Waals surface area contributed by atoms with Crippen molar-refractivity contribution >= 4 is 29.2 Å². The first-order valence-electron chi connectivity index (χ1n) is 6.68. The van der Waals surface area contributed by atoms with Gasteiger partial charge in [0, 0.05) is 5.02 Å². The average Bonchev–Trinajstić information content (AvgIpc) is 2.49. The van der Waals surface area contributed by atoms with Crippen molar-refractivity contribution in [2.75, 3.05) is 6.61 Å². The van der Waals surface area contributed by atoms with E-state index in [9.17, 15) is 15.0 Å². The largest absolute Gasteiger partial charge is 0.504 e. The molecule has 2 rings (SSSR count). The number of rotatable bonds is 5. The van der Waals surface area contributed by atoms with Crippen LogP contribution >= 0.6 is 11.6 Å². The highest BCUT2D eigenvalue weighted by atomic mass is 35.5. The fourth-order valence-electron chi connectivity index (χ4n) is 1.96. The number of phenolic OH excluding ortho intramolecular Hbond substituents is 1. The van der Waals surface area contributed by atoms with Crippen LogP contribution < -0.4 is 4.74 Å². The quantitative estimate of drug-likeness (QED) is 0.644. The molecule has 22 heavy (non-hydrogen) atoms. The van der Waals surface area contributed by atoms with Crippen LogP contribution in [0, 0.1) is 0 Å². The van der Waals surface area contributed by atoms with Crippen molar-refractivity contribution in [1.82, 2.24) is 0 Å². The van der Waals surface area contributed by atoms with Crippen LogP contribution in [0.1, 0.15) is 18.1 Å². The van der Waals surface area contributed by atoms with Crippen molar-refractivity contribution in [2.45, 2.75) is 6.92 Å². The van der Waals surface area contributed by atoms with E-state index in [1.807, 2.05) is 0 Å². The van der Waals surface area contributed by atoms with Crippen molar-refractivity contribution in [2.24, 2.45) is 0 Å². The molecule has 0 spiro atoms. The van der Waals surface area contributed by atoms with E-state index in [2.05, 4.69) is 0 Å². The van der Waals surface area contributed by atoms with E-state index in [-0.39, 0.29) is 11.3 Å². The van der Waals surface area contributed by atoms with Gasteiger partial charge in [-0.1, -0.05) is 29.8 Å². The zero-order chi connectivity index (χ0) is 16.1. The molecule has 0 fully saturated rings. The minimum atomic E-state index is -1.05. The lowest BCUT2D eigenvalue weighted by molar-refractivity contribution is -0.130. The summed E-state index contributed by atoms with van der Waals surface area (Å²) in [7, 11) is 0. The topological polar surface area (TPSA) is 66.8 Å². The Morgan fingerprint density at radius 3 is 2.50 bits per heavy atom. The molecule has 0 aromatic heterocycles. The summed E-state index contributed by atoms with van der Waals surface area (Å²) in [6, 6.07) is 11.2. The van der Waals surface area contributed by atoms with E-state index in [0.29, 0.717) is 28.5 Å². The SMILES string of the molecule is CCOc1cc(/C=C(\C(=O)O)c2ccc(Cl)cc2)ccc1O. The maximum Gasteiger partial charge on any atom is 0.336 e. The molecule has 2 N–H and O–H groups in total. The first kappa shape index (κ1) is 15.9. The molecule has 0 aliphatic carbocycles. The number of carbonyl (C=O) groups is 1. The third-order valence-corrected chi connectivity index (χ3v) is 3.23. The summed E-state index contributed by atoms with van der Waals surface area (Å²) in [5.41, 5.74) is 1.29. The van der Waals surface area contributed by atoms with E-state index < -0.39 is 5.97 Å². The molecule has 5 heteroatoms. The molecule has 0 bridgehead atoms. The molecular weight excluding hydrogens is 304 g/mol. The second-order valence-electron chi connectivity index (χ2n) is 4.53. The number of phenols is 1. The minimum absolute atomic E-state index is 0.0161. The normalized spacial score (nSPS) is 11.3. The lowest BCUT2D eigenvalue weighted by Crippen LogP contribution is -1.99. The maximum absolute atomic E-state index is 11.5. The fourth-order valence-corrected chi connectivity index (χ4v) is 2.08. The van der Waals surface area contributed by atoms with Crippen molar-refractivity contribution in [3.05, 3.63) is 58.6 Å². The number of aromatic hydroxyl groups is 1. The Morgan fingerprint density at radius 1 is 1.23 bits per heavy atom. The van der Waals surface area contributed by atoms with Crippen molar-refractivity contribution < 1.29 is 19.7 Å². The molecule has 2 aromatic carbocycles. The highest BCUT2D eigenvalue weighted by Crippen LogP contribution is 2.29. The van der Waals surface area contributed by atoms with Gasteiger partial charge in [-0.3, -0.25) is 0 Å². The Labute approximate surface area is 133 Å². The Hall–Kier alpha value is -2.46. The molecular formula is C17H15ClO4. The number of aliphatic carboxylic acids is 1. The summed E-state index contributed by atoms with van der Waals surface area (Å²) in [5.74, 6) is -0.715. The van der Waals surface area contributed by atoms with Gasteiger partial charge in [-0.25, -0.2) is 4.79 Å². The number of ether oxygens (including phenoxy) is 1. The lowest BCUT2D eigenvalue weighted by Gasteiger charge is -2.08. The van der Waals surface area contributed by atoms with Crippen LogP contribution in [0.15, 0.2) is 42.5 Å². The number of benzene rings is 2. The summed E-state index contributed by atoms with van der Waals surface area (Å²) >= 11 is 5.82. The molecule has 0 unspecified atom stereocenters. The second kappa shape index (κ2) is 7.00. The van der Waals surface area contributed by atoms with Gasteiger partial charge in [0.1, 0.15) is 0 Å². The molecule has 0 heterocycles. The molecule has 2 aromatic rings. The third-order valence-electron chi connectivity index (χ3n) is 2.98. The maximum atomic E-state index is 11.5. The van der Waals surface area contributed by atoms with E-state index in [4.69, 9.17) is 16.3 Å². The standard InChI is InChI=1S/C17H15ClO4/c1-2-22-16-10-11(3-8-15(16)19)9-14(17(20)21)12-4-6-13(18)7-5-12/h3-10,19H,2H2,1H3,(H,20,21)/b14-9-. The second-order valence-corrected chi connectivity index (χ2v) is 4.97. The van der Waals surface area contributed by atoms with Crippen molar-refractivity contribution in [3.63, 3.8) is 0 Å². The van der Waals surface area contributed by atoms with Gasteiger partial charge in [-0.15, -0.1) is 0 Å². The third kappa shape index (κ3) is 3.80. The molecule has 0 saturated carbocycles. The monoisotopic (exact) mass is 318 g/mol. The van der Waals surface area contributed by atoms with E-state index in [1.54, 1.807) is 43.3 Å². The van der Waals surface area contributed by atoms with Crippen LogP contribution in [0.4, 0.5) is 0 Å². The number of halogens is 1. The van der Waals surface area contributed by atoms with Gasteiger partial charge in [0.05, 0.1) is 12.2 Å². The van der Waals surface area contributed by atoms with Crippen LogP contribution in [0.3, 0.4) is 0 Å². The highest BCUT2D eigenvalue weighted by Gasteiger charge is 2.11. The molecule has 114 valence electrons. The summed E-state index contributed by atoms with van der Waals surface area (Å²) in [6.07, 6.45) is 1.52. The molecule has 0 radical (unpaired) electrons. The van der Waals surface area contributed by atoms with Gasteiger partial charge in [0.15, 0.2) is 11.5 Å². The van der Waals surface area contributed by atoms with Gasteiger partial charge in [-0.05, 0) is 48.4 Å². The first-order valence-corrected chi connectivity index (χ1v) is 7.05. The molecule has 0 aliphatic heterocycles. The predicted octanol–water partition coefficient (Wildman–Crippen LogP) is 4.07. The number of hydrogen-bond acceptors (Lipinski definition) is 3. The molecule has 0 amide bonds. The van der Waals surface area contributed by atoms with Crippen LogP contribution in [0.2, 0.25) is 5.02 Å². The molecule has 0 aliphatic rings. The van der Waals surface area contributed by atoms with Crippen LogP contribution in [-0.2, 0) is 4.79 Å². The van der Waals surface area contributed by atoms with Crippen molar-refractivity contribution in [3.8, 4) is 11.5 Å². The average molecular weight is 319 g/mol. The summed E-state index contributed by atoms with van der Waals surface area (Å²) in [6.45, 7) is 2.21. The van der Waals surface area contributed by atoms with E-state index in [1.165, 1.54) is 12.1 Å². The summed E-state index contributed by atoms with van der Waals surface area (Å²) in [4.78, 5) is 11.5. The Bertz CT molecular complexity index is 705. The van der Waals surface area contributed by atoms with Crippen LogP contribution in [-0.4, -0.2) is 22.8 Å². The van der Waals surface area contributed by atoms with Gasteiger partial charge in [0.25, 0.3) is 0 Å². The van der Waals surface area contributed by atoms with Gasteiger partial charge < -0.3 is 14.9 Å². The first-order chi connectivity index (χ1) is 10.5. The van der Waals surface area contributed by atoms with Gasteiger partial charge in [0.2, 0.25) is 0 Å². The fraction of sp³-hybridized carbons (Fsp3) is 0.118. The molecule has 4 nitrogen and oxygen atoms in total. The molecule has 0 saturated heterocycles. The van der Waals surface area contributed by atoms with Gasteiger partial charge >= 0.3 is 5.97 Å². The minimum Gasteiger partial charge on any atom is -0.504 e. The Balaban J connectivity index is 2.44. The number of carboxylic acid groups (broad SMARTS) is 1.